The van der Waals surface area contributed by atoms with Crippen molar-refractivity contribution in [2.24, 2.45) is 0 Å². The Morgan fingerprint density at radius 1 is 1.10 bits per heavy atom. The number of benzene rings is 3. The van der Waals surface area contributed by atoms with Gasteiger partial charge in [-0.1, -0.05) is 51.8 Å². The number of nitrogens with one attached hydrogen (secondary N) is 1. The molecule has 0 aliphatic heterocycles. The fraction of sp³-hybridized carbons (Fsp3) is 0.208. The molecule has 0 bridgehead atoms. The van der Waals surface area contributed by atoms with E-state index < -0.39 is 5.97 Å². The molecule has 3 rings (SSSR count). The minimum atomic E-state index is -0.944. The van der Waals surface area contributed by atoms with Gasteiger partial charge in [0.15, 0.2) is 11.5 Å². The number of carboxylic acids is 1. The van der Waals surface area contributed by atoms with Crippen LogP contribution in [0.5, 0.6) is 11.5 Å². The summed E-state index contributed by atoms with van der Waals surface area (Å²) in [5, 5.41) is 12.7. The summed E-state index contributed by atoms with van der Waals surface area (Å²) in [5.74, 6) is 0.340. The van der Waals surface area contributed by atoms with E-state index in [0.717, 1.165) is 21.3 Å². The second-order valence-corrected chi connectivity index (χ2v) is 7.83. The first-order valence-corrected chi connectivity index (χ1v) is 10.3. The number of halogens is 1. The molecule has 0 spiro atoms. The smallest absolute Gasteiger partial charge is 0.336 e. The number of rotatable bonds is 8. The quantitative estimate of drug-likeness (QED) is 0.425. The van der Waals surface area contributed by atoms with Crippen LogP contribution in [0, 0.1) is 13.8 Å². The Bertz CT molecular complexity index is 1070. The van der Waals surface area contributed by atoms with Crippen LogP contribution in [0.15, 0.2) is 59.1 Å². The molecule has 156 valence electrons. The van der Waals surface area contributed by atoms with Gasteiger partial charge in [0.1, 0.15) is 6.61 Å². The van der Waals surface area contributed by atoms with Gasteiger partial charge in [-0.15, -0.1) is 0 Å². The van der Waals surface area contributed by atoms with Gasteiger partial charge < -0.3 is 19.9 Å². The van der Waals surface area contributed by atoms with Gasteiger partial charge in [0.2, 0.25) is 0 Å². The molecule has 0 saturated heterocycles. The highest BCUT2D eigenvalue weighted by molar-refractivity contribution is 9.10. The summed E-state index contributed by atoms with van der Waals surface area (Å²) < 4.78 is 12.6. The molecule has 3 aromatic rings. The van der Waals surface area contributed by atoms with Crippen molar-refractivity contribution in [3.8, 4) is 11.5 Å². The van der Waals surface area contributed by atoms with Crippen LogP contribution in [0.25, 0.3) is 0 Å². The molecule has 0 saturated carbocycles. The normalized spacial score (nSPS) is 10.5. The number of ether oxygens (including phenoxy) is 2. The van der Waals surface area contributed by atoms with E-state index in [4.69, 9.17) is 9.47 Å². The summed E-state index contributed by atoms with van der Waals surface area (Å²) in [6, 6.07) is 17.1. The molecule has 3 aromatic carbocycles. The molecule has 5 nitrogen and oxygen atoms in total. The van der Waals surface area contributed by atoms with Gasteiger partial charge in [0.25, 0.3) is 0 Å². The van der Waals surface area contributed by atoms with Crippen LogP contribution in [-0.4, -0.2) is 18.2 Å². The van der Waals surface area contributed by atoms with Crippen LogP contribution in [-0.2, 0) is 13.2 Å². The molecule has 0 heterocycles. The first-order chi connectivity index (χ1) is 14.4. The van der Waals surface area contributed by atoms with E-state index in [9.17, 15) is 9.90 Å². The fourth-order valence-corrected chi connectivity index (χ4v) is 3.72. The lowest BCUT2D eigenvalue weighted by Crippen LogP contribution is -2.08. The third-order valence-electron chi connectivity index (χ3n) is 4.87. The zero-order valence-electron chi connectivity index (χ0n) is 17.2. The Hall–Kier alpha value is -2.99. The SMILES string of the molecule is COc1ccc(Br)c(CNc2cccc(C(=O)O)c2C)c1OCc1cccc(C)c1. The third-order valence-corrected chi connectivity index (χ3v) is 5.62. The molecule has 0 aliphatic carbocycles. The Kier molecular flexibility index (Phi) is 7.00. The van der Waals surface area contributed by atoms with E-state index in [1.54, 1.807) is 26.2 Å². The van der Waals surface area contributed by atoms with Crippen LogP contribution in [0.2, 0.25) is 0 Å². The number of methoxy groups -OCH3 is 1. The maximum Gasteiger partial charge on any atom is 0.336 e. The molecule has 2 N–H and O–H groups in total. The van der Waals surface area contributed by atoms with Gasteiger partial charge in [-0.2, -0.15) is 0 Å². The van der Waals surface area contributed by atoms with Gasteiger partial charge in [-0.25, -0.2) is 4.79 Å². The Balaban J connectivity index is 1.87. The molecule has 0 fully saturated rings. The molecule has 0 radical (unpaired) electrons. The number of hydrogen-bond donors (Lipinski definition) is 2. The number of aryl methyl sites for hydroxylation is 1. The van der Waals surface area contributed by atoms with Crippen molar-refractivity contribution in [2.75, 3.05) is 12.4 Å². The average Bonchev–Trinajstić information content (AvgIpc) is 2.72. The molecular weight excluding hydrogens is 446 g/mol. The monoisotopic (exact) mass is 469 g/mol. The summed E-state index contributed by atoms with van der Waals surface area (Å²) in [4.78, 5) is 11.4. The number of carbonyl (C=O) groups is 1. The Labute approximate surface area is 184 Å². The van der Waals surface area contributed by atoms with Crippen LogP contribution in [0.1, 0.15) is 32.6 Å². The zero-order valence-corrected chi connectivity index (χ0v) is 18.7. The lowest BCUT2D eigenvalue weighted by Gasteiger charge is -2.18. The second kappa shape index (κ2) is 9.67. The molecule has 30 heavy (non-hydrogen) atoms. The summed E-state index contributed by atoms with van der Waals surface area (Å²) in [6.45, 7) is 4.69. The van der Waals surface area contributed by atoms with E-state index in [0.29, 0.717) is 30.2 Å². The van der Waals surface area contributed by atoms with Crippen LogP contribution in [0.3, 0.4) is 0 Å². The first-order valence-electron chi connectivity index (χ1n) is 9.51. The van der Waals surface area contributed by atoms with Crippen molar-refractivity contribution in [1.29, 1.82) is 0 Å². The highest BCUT2D eigenvalue weighted by atomic mass is 79.9. The second-order valence-electron chi connectivity index (χ2n) is 6.97. The Morgan fingerprint density at radius 2 is 1.87 bits per heavy atom. The zero-order chi connectivity index (χ0) is 21.7. The summed E-state index contributed by atoms with van der Waals surface area (Å²) in [7, 11) is 1.61. The van der Waals surface area contributed by atoms with Gasteiger partial charge in [0, 0.05) is 22.3 Å². The summed E-state index contributed by atoms with van der Waals surface area (Å²) >= 11 is 3.61. The first kappa shape index (κ1) is 21.7. The Morgan fingerprint density at radius 3 is 2.57 bits per heavy atom. The number of aromatic carboxylic acids is 1. The largest absolute Gasteiger partial charge is 0.493 e. The maximum absolute atomic E-state index is 11.4. The van der Waals surface area contributed by atoms with Gasteiger partial charge in [0.05, 0.1) is 12.7 Å². The average molecular weight is 470 g/mol. The van der Waals surface area contributed by atoms with Crippen molar-refractivity contribution in [1.82, 2.24) is 0 Å². The predicted octanol–water partition coefficient (Wildman–Crippen LogP) is 5.96. The lowest BCUT2D eigenvalue weighted by molar-refractivity contribution is 0.0696. The van der Waals surface area contributed by atoms with E-state index in [1.165, 1.54) is 5.56 Å². The van der Waals surface area contributed by atoms with Crippen molar-refractivity contribution in [3.63, 3.8) is 0 Å². The molecule has 6 heteroatoms. The topological polar surface area (TPSA) is 67.8 Å². The minimum Gasteiger partial charge on any atom is -0.493 e. The fourth-order valence-electron chi connectivity index (χ4n) is 3.27. The van der Waals surface area contributed by atoms with E-state index >= 15 is 0 Å². The van der Waals surface area contributed by atoms with Crippen molar-refractivity contribution in [2.45, 2.75) is 27.0 Å². The molecule has 0 aliphatic rings. The van der Waals surface area contributed by atoms with Crippen LogP contribution >= 0.6 is 15.9 Å². The van der Waals surface area contributed by atoms with Crippen molar-refractivity contribution < 1.29 is 19.4 Å². The van der Waals surface area contributed by atoms with E-state index in [1.807, 2.05) is 43.3 Å². The molecule has 0 aromatic heterocycles. The summed E-state index contributed by atoms with van der Waals surface area (Å²) in [6.07, 6.45) is 0. The maximum atomic E-state index is 11.4. The third kappa shape index (κ3) is 4.94. The summed E-state index contributed by atoms with van der Waals surface area (Å²) in [5.41, 5.74) is 4.86. The van der Waals surface area contributed by atoms with Crippen molar-refractivity contribution >= 4 is 27.6 Å². The predicted molar refractivity (Wildman–Crippen MR) is 122 cm³/mol. The highest BCUT2D eigenvalue weighted by Gasteiger charge is 2.16. The minimum absolute atomic E-state index is 0.278. The standard InChI is InChI=1S/C24H24BrNO4/c1-15-6-4-7-17(12-15)14-30-23-19(20(25)10-11-22(23)29-3)13-26-21-9-5-8-18(16(21)2)24(27)28/h4-12,26H,13-14H2,1-3H3,(H,27,28). The lowest BCUT2D eigenvalue weighted by atomic mass is 10.1. The van der Waals surface area contributed by atoms with Gasteiger partial charge in [-0.05, 0) is 49.2 Å². The van der Waals surface area contributed by atoms with Crippen LogP contribution < -0.4 is 14.8 Å². The highest BCUT2D eigenvalue weighted by Crippen LogP contribution is 2.37. The number of carboxylic acid groups (broad SMARTS) is 1. The number of anilines is 1. The molecule has 0 amide bonds. The molecule has 0 unspecified atom stereocenters. The van der Waals surface area contributed by atoms with E-state index in [-0.39, 0.29) is 5.56 Å². The van der Waals surface area contributed by atoms with Crippen molar-refractivity contribution in [3.05, 3.63) is 86.9 Å². The van der Waals surface area contributed by atoms with E-state index in [2.05, 4.69) is 27.3 Å². The molecule has 0 atom stereocenters. The van der Waals surface area contributed by atoms with Crippen LogP contribution in [0.4, 0.5) is 5.69 Å². The van der Waals surface area contributed by atoms with Gasteiger partial charge in [-0.3, -0.25) is 0 Å². The van der Waals surface area contributed by atoms with Gasteiger partial charge >= 0.3 is 5.97 Å². The number of hydrogen-bond acceptors (Lipinski definition) is 4. The molecular formula is C24H24BrNO4.